The first-order valence-electron chi connectivity index (χ1n) is 10.6. The monoisotopic (exact) mass is 417 g/mol. The largest absolute Gasteiger partial charge is 0.454 e. The van der Waals surface area contributed by atoms with Crippen molar-refractivity contribution in [3.05, 3.63) is 66.1 Å². The maximum atomic E-state index is 5.56. The summed E-state index contributed by atoms with van der Waals surface area (Å²) in [7, 11) is 3.84. The highest BCUT2D eigenvalue weighted by molar-refractivity contribution is 5.79. The Kier molecular flexibility index (Phi) is 5.02. The Balaban J connectivity index is 1.22. The van der Waals surface area contributed by atoms with Crippen molar-refractivity contribution in [1.29, 1.82) is 0 Å². The molecule has 7 nitrogen and oxygen atoms in total. The minimum Gasteiger partial charge on any atom is -0.454 e. The number of ether oxygens (including phenoxy) is 2. The summed E-state index contributed by atoms with van der Waals surface area (Å²) in [5.41, 5.74) is 3.57. The number of hydrogen-bond donors (Lipinski definition) is 2. The summed E-state index contributed by atoms with van der Waals surface area (Å²) in [5.74, 6) is 3.43. The second kappa shape index (κ2) is 7.98. The summed E-state index contributed by atoms with van der Waals surface area (Å²) in [6.45, 7) is 1.78. The molecule has 7 heteroatoms. The van der Waals surface area contributed by atoms with Crippen LogP contribution in [0.1, 0.15) is 24.2 Å². The molecule has 2 aromatic carbocycles. The standard InChI is InChI=1S/C24H27N5O2/c1-25-23(29(2)14-22-26-13-19(28-22)17-6-4-3-5-7-17)27-15-24(10-11-24)18-8-9-20-21(12-18)31-16-30-20/h3-9,12-13H,10-11,14-16H2,1-2H3,(H,25,27)(H,26,28). The number of aromatic amines is 1. The second-order valence-electron chi connectivity index (χ2n) is 8.21. The van der Waals surface area contributed by atoms with E-state index in [1.54, 1.807) is 0 Å². The highest BCUT2D eigenvalue weighted by Gasteiger charge is 2.45. The summed E-state index contributed by atoms with van der Waals surface area (Å²) in [6, 6.07) is 16.5. The first kappa shape index (κ1) is 19.5. The van der Waals surface area contributed by atoms with Crippen molar-refractivity contribution in [2.24, 2.45) is 4.99 Å². The topological polar surface area (TPSA) is 74.8 Å². The highest BCUT2D eigenvalue weighted by Crippen LogP contribution is 2.49. The maximum Gasteiger partial charge on any atom is 0.231 e. The van der Waals surface area contributed by atoms with Crippen LogP contribution in [0.5, 0.6) is 11.5 Å². The van der Waals surface area contributed by atoms with Crippen LogP contribution >= 0.6 is 0 Å². The number of fused-ring (bicyclic) bond motifs is 1. The number of aromatic nitrogens is 2. The number of guanidine groups is 1. The van der Waals surface area contributed by atoms with Gasteiger partial charge in [-0.1, -0.05) is 36.4 Å². The molecule has 0 unspecified atom stereocenters. The van der Waals surface area contributed by atoms with Crippen LogP contribution in [0.3, 0.4) is 0 Å². The molecule has 160 valence electrons. The van der Waals surface area contributed by atoms with Gasteiger partial charge in [0.15, 0.2) is 17.5 Å². The minimum absolute atomic E-state index is 0.128. The zero-order valence-corrected chi connectivity index (χ0v) is 17.9. The highest BCUT2D eigenvalue weighted by atomic mass is 16.7. The van der Waals surface area contributed by atoms with Crippen LogP contribution in [0.25, 0.3) is 11.3 Å². The molecule has 1 aromatic heterocycles. The van der Waals surface area contributed by atoms with E-state index in [4.69, 9.17) is 9.47 Å². The van der Waals surface area contributed by atoms with Gasteiger partial charge in [-0.3, -0.25) is 4.99 Å². The number of nitrogens with zero attached hydrogens (tertiary/aromatic N) is 3. The summed E-state index contributed by atoms with van der Waals surface area (Å²) >= 11 is 0. The molecule has 2 heterocycles. The Morgan fingerprint density at radius 2 is 1.97 bits per heavy atom. The van der Waals surface area contributed by atoms with Crippen molar-refractivity contribution in [3.8, 4) is 22.8 Å². The van der Waals surface area contributed by atoms with Gasteiger partial charge in [-0.2, -0.15) is 0 Å². The van der Waals surface area contributed by atoms with E-state index in [9.17, 15) is 0 Å². The Labute approximate surface area is 182 Å². The number of benzene rings is 2. The molecule has 2 aliphatic rings. The van der Waals surface area contributed by atoms with E-state index >= 15 is 0 Å². The summed E-state index contributed by atoms with van der Waals surface area (Å²) < 4.78 is 11.0. The zero-order valence-electron chi connectivity index (χ0n) is 17.9. The first-order valence-corrected chi connectivity index (χ1v) is 10.6. The summed E-state index contributed by atoms with van der Waals surface area (Å²) in [5, 5.41) is 3.56. The van der Waals surface area contributed by atoms with Crippen LogP contribution in [0.4, 0.5) is 0 Å². The molecule has 0 spiro atoms. The van der Waals surface area contributed by atoms with E-state index in [1.165, 1.54) is 5.56 Å². The van der Waals surface area contributed by atoms with Crippen LogP contribution in [-0.2, 0) is 12.0 Å². The lowest BCUT2D eigenvalue weighted by atomic mass is 9.95. The molecular weight excluding hydrogens is 390 g/mol. The molecule has 0 bridgehead atoms. The molecule has 1 aliphatic heterocycles. The Bertz CT molecular complexity index is 1090. The molecule has 0 saturated heterocycles. The van der Waals surface area contributed by atoms with Crippen LogP contribution in [0.2, 0.25) is 0 Å². The van der Waals surface area contributed by atoms with Gasteiger partial charge >= 0.3 is 0 Å². The van der Waals surface area contributed by atoms with Crippen LogP contribution in [0.15, 0.2) is 59.7 Å². The smallest absolute Gasteiger partial charge is 0.231 e. The Hall–Kier alpha value is -3.48. The fraction of sp³-hybridized carbons (Fsp3) is 0.333. The molecule has 2 N–H and O–H groups in total. The lowest BCUT2D eigenvalue weighted by Crippen LogP contribution is -2.42. The van der Waals surface area contributed by atoms with Gasteiger partial charge in [0.05, 0.1) is 18.4 Å². The molecule has 0 amide bonds. The molecule has 0 radical (unpaired) electrons. The van der Waals surface area contributed by atoms with Gasteiger partial charge < -0.3 is 24.7 Å². The summed E-state index contributed by atoms with van der Waals surface area (Å²) in [4.78, 5) is 14.5. The number of hydrogen-bond acceptors (Lipinski definition) is 4. The fourth-order valence-corrected chi connectivity index (χ4v) is 4.08. The van der Waals surface area contributed by atoms with Crippen molar-refractivity contribution in [3.63, 3.8) is 0 Å². The first-order chi connectivity index (χ1) is 15.2. The normalized spacial score (nSPS) is 16.3. The minimum atomic E-state index is 0.128. The van der Waals surface area contributed by atoms with Gasteiger partial charge in [0.25, 0.3) is 0 Å². The third-order valence-corrected chi connectivity index (χ3v) is 6.10. The van der Waals surface area contributed by atoms with E-state index < -0.39 is 0 Å². The van der Waals surface area contributed by atoms with Crippen molar-refractivity contribution in [2.45, 2.75) is 24.8 Å². The lowest BCUT2D eigenvalue weighted by Gasteiger charge is -2.24. The van der Waals surface area contributed by atoms with Crippen molar-refractivity contribution in [2.75, 3.05) is 27.4 Å². The molecule has 1 saturated carbocycles. The van der Waals surface area contributed by atoms with Gasteiger partial charge in [0.2, 0.25) is 6.79 Å². The molecule has 31 heavy (non-hydrogen) atoms. The second-order valence-corrected chi connectivity index (χ2v) is 8.21. The van der Waals surface area contributed by atoms with E-state index in [-0.39, 0.29) is 5.41 Å². The SMILES string of the molecule is CN=C(NCC1(c2ccc3c(c2)OCO3)CC1)N(C)Cc1ncc(-c2ccccc2)[nH]1. The quantitative estimate of drug-likeness (QED) is 0.474. The predicted octanol–water partition coefficient (Wildman–Crippen LogP) is 3.54. The van der Waals surface area contributed by atoms with E-state index in [0.29, 0.717) is 13.3 Å². The van der Waals surface area contributed by atoms with Crippen molar-refractivity contribution >= 4 is 5.96 Å². The Morgan fingerprint density at radius 3 is 2.74 bits per heavy atom. The van der Waals surface area contributed by atoms with Crippen molar-refractivity contribution in [1.82, 2.24) is 20.2 Å². The van der Waals surface area contributed by atoms with Gasteiger partial charge in [-0.25, -0.2) is 4.98 Å². The zero-order chi connectivity index (χ0) is 21.3. The number of rotatable bonds is 6. The van der Waals surface area contributed by atoms with Gasteiger partial charge in [-0.15, -0.1) is 0 Å². The molecule has 5 rings (SSSR count). The predicted molar refractivity (Wildman–Crippen MR) is 120 cm³/mol. The molecule has 0 atom stereocenters. The fourth-order valence-electron chi connectivity index (χ4n) is 4.08. The third-order valence-electron chi connectivity index (χ3n) is 6.10. The third kappa shape index (κ3) is 3.95. The van der Waals surface area contributed by atoms with Gasteiger partial charge in [0.1, 0.15) is 5.82 Å². The number of aliphatic imine (C=N–C) groups is 1. The van der Waals surface area contributed by atoms with E-state index in [0.717, 1.165) is 53.9 Å². The van der Waals surface area contributed by atoms with Crippen LogP contribution < -0.4 is 14.8 Å². The number of nitrogens with one attached hydrogen (secondary N) is 2. The van der Waals surface area contributed by atoms with Gasteiger partial charge in [-0.05, 0) is 36.1 Å². The molecule has 1 fully saturated rings. The maximum absolute atomic E-state index is 5.56. The molecular formula is C24H27N5O2. The Morgan fingerprint density at radius 1 is 1.16 bits per heavy atom. The molecule has 3 aromatic rings. The average molecular weight is 418 g/mol. The van der Waals surface area contributed by atoms with E-state index in [2.05, 4.69) is 49.4 Å². The van der Waals surface area contributed by atoms with Crippen LogP contribution in [-0.4, -0.2) is 48.3 Å². The van der Waals surface area contributed by atoms with Crippen LogP contribution in [0, 0.1) is 0 Å². The number of H-pyrrole nitrogens is 1. The van der Waals surface area contributed by atoms with Gasteiger partial charge in [0, 0.05) is 26.1 Å². The summed E-state index contributed by atoms with van der Waals surface area (Å²) in [6.07, 6.45) is 4.19. The molecule has 1 aliphatic carbocycles. The van der Waals surface area contributed by atoms with Crippen molar-refractivity contribution < 1.29 is 9.47 Å². The average Bonchev–Trinajstić information content (AvgIpc) is 3.21. The number of imidazole rings is 1. The van der Waals surface area contributed by atoms with E-state index in [1.807, 2.05) is 44.6 Å². The lowest BCUT2D eigenvalue weighted by molar-refractivity contribution is 0.174.